The van der Waals surface area contributed by atoms with E-state index in [1.54, 1.807) is 20.3 Å². The van der Waals surface area contributed by atoms with Crippen LogP contribution in [0.15, 0.2) is 12.1 Å². The first kappa shape index (κ1) is 15.3. The van der Waals surface area contributed by atoms with Crippen LogP contribution in [-0.4, -0.2) is 20.8 Å². The van der Waals surface area contributed by atoms with Gasteiger partial charge in [0.05, 0.1) is 24.9 Å². The maximum atomic E-state index is 6.12. The Hall–Kier alpha value is -1.09. The number of halogens is 1. The van der Waals surface area contributed by atoms with Crippen molar-refractivity contribution in [2.75, 3.05) is 26.1 Å². The van der Waals surface area contributed by atoms with Crippen LogP contribution >= 0.6 is 11.6 Å². The Balaban J connectivity index is 2.03. The molecule has 1 saturated carbocycles. The Labute approximate surface area is 126 Å². The summed E-state index contributed by atoms with van der Waals surface area (Å²) in [5, 5.41) is 4.07. The van der Waals surface area contributed by atoms with Crippen LogP contribution in [-0.2, 0) is 0 Å². The van der Waals surface area contributed by atoms with E-state index in [1.165, 1.54) is 38.5 Å². The largest absolute Gasteiger partial charge is 0.495 e. The van der Waals surface area contributed by atoms with Crippen molar-refractivity contribution in [2.24, 2.45) is 5.92 Å². The van der Waals surface area contributed by atoms with Gasteiger partial charge in [-0.25, -0.2) is 0 Å². The molecule has 3 nitrogen and oxygen atoms in total. The molecule has 0 aromatic heterocycles. The van der Waals surface area contributed by atoms with Crippen LogP contribution in [0.1, 0.15) is 38.5 Å². The molecule has 0 atom stereocenters. The summed E-state index contributed by atoms with van der Waals surface area (Å²) in [5.41, 5.74) is 0.956. The molecule has 0 unspecified atom stereocenters. The molecule has 0 spiro atoms. The van der Waals surface area contributed by atoms with Crippen LogP contribution < -0.4 is 14.8 Å². The van der Waals surface area contributed by atoms with E-state index in [-0.39, 0.29) is 0 Å². The molecule has 0 bridgehead atoms. The van der Waals surface area contributed by atoms with Gasteiger partial charge in [0.15, 0.2) is 0 Å². The first-order chi connectivity index (χ1) is 9.74. The summed E-state index contributed by atoms with van der Waals surface area (Å²) in [5.74, 6) is 2.20. The minimum Gasteiger partial charge on any atom is -0.495 e. The number of hydrogen-bond donors (Lipinski definition) is 1. The van der Waals surface area contributed by atoms with Gasteiger partial charge in [0.1, 0.15) is 11.5 Å². The lowest BCUT2D eigenvalue weighted by Crippen LogP contribution is -2.14. The number of methoxy groups -OCH3 is 2. The summed E-state index contributed by atoms with van der Waals surface area (Å²) in [6.45, 7) is 0.987. The van der Waals surface area contributed by atoms with Crippen molar-refractivity contribution in [2.45, 2.75) is 38.5 Å². The van der Waals surface area contributed by atoms with Gasteiger partial charge in [0.2, 0.25) is 0 Å². The van der Waals surface area contributed by atoms with Crippen molar-refractivity contribution in [1.29, 1.82) is 0 Å². The molecule has 4 heteroatoms. The van der Waals surface area contributed by atoms with E-state index in [9.17, 15) is 0 Å². The molecular formula is C16H24ClNO2. The van der Waals surface area contributed by atoms with E-state index in [2.05, 4.69) is 5.32 Å². The molecule has 2 rings (SSSR count). The molecule has 1 aromatic rings. The maximum Gasteiger partial charge on any atom is 0.143 e. The Kier molecular flexibility index (Phi) is 5.84. The summed E-state index contributed by atoms with van der Waals surface area (Å²) in [6.07, 6.45) is 8.12. The average Bonchev–Trinajstić information content (AvgIpc) is 2.74. The lowest BCUT2D eigenvalue weighted by atomic mass is 10.0. The highest BCUT2D eigenvalue weighted by atomic mass is 35.5. The molecule has 1 aromatic carbocycles. The van der Waals surface area contributed by atoms with Crippen LogP contribution in [0.25, 0.3) is 0 Å². The molecule has 0 aliphatic heterocycles. The molecule has 1 aliphatic rings. The molecule has 0 radical (unpaired) electrons. The number of ether oxygens (including phenoxy) is 2. The molecular weight excluding hydrogens is 274 g/mol. The van der Waals surface area contributed by atoms with Gasteiger partial charge in [0.25, 0.3) is 0 Å². The van der Waals surface area contributed by atoms with Crippen molar-refractivity contribution in [3.05, 3.63) is 17.2 Å². The fourth-order valence-electron chi connectivity index (χ4n) is 2.82. The second kappa shape index (κ2) is 7.63. The summed E-state index contributed by atoms with van der Waals surface area (Å²) in [6, 6.07) is 3.72. The standard InChI is InChI=1S/C16H24ClNO2/c1-19-15-10-14(16(20-2)9-13(15)17)18-11-12-7-5-3-4-6-8-12/h9-10,12,18H,3-8,11H2,1-2H3. The summed E-state index contributed by atoms with van der Waals surface area (Å²) in [4.78, 5) is 0. The van der Waals surface area contributed by atoms with Crippen LogP contribution in [0.4, 0.5) is 5.69 Å². The third kappa shape index (κ3) is 3.95. The van der Waals surface area contributed by atoms with Crippen molar-refractivity contribution in [3.63, 3.8) is 0 Å². The highest BCUT2D eigenvalue weighted by Crippen LogP contribution is 2.36. The van der Waals surface area contributed by atoms with Crippen molar-refractivity contribution in [3.8, 4) is 11.5 Å². The zero-order valence-corrected chi connectivity index (χ0v) is 13.1. The number of rotatable bonds is 5. The lowest BCUT2D eigenvalue weighted by Gasteiger charge is -2.18. The second-order valence-electron chi connectivity index (χ2n) is 5.43. The van der Waals surface area contributed by atoms with E-state index in [1.807, 2.05) is 6.07 Å². The molecule has 112 valence electrons. The van der Waals surface area contributed by atoms with E-state index in [0.717, 1.165) is 23.9 Å². The highest BCUT2D eigenvalue weighted by molar-refractivity contribution is 6.32. The summed E-state index contributed by atoms with van der Waals surface area (Å²) in [7, 11) is 3.29. The zero-order valence-electron chi connectivity index (χ0n) is 12.4. The van der Waals surface area contributed by atoms with Crippen LogP contribution in [0.5, 0.6) is 11.5 Å². The fraction of sp³-hybridized carbons (Fsp3) is 0.625. The molecule has 1 N–H and O–H groups in total. The first-order valence-corrected chi connectivity index (χ1v) is 7.77. The monoisotopic (exact) mass is 297 g/mol. The summed E-state index contributed by atoms with van der Waals surface area (Å²) < 4.78 is 10.7. The number of hydrogen-bond acceptors (Lipinski definition) is 3. The van der Waals surface area contributed by atoms with Gasteiger partial charge >= 0.3 is 0 Å². The van der Waals surface area contributed by atoms with Gasteiger partial charge in [-0.15, -0.1) is 0 Å². The number of benzene rings is 1. The molecule has 0 heterocycles. The van der Waals surface area contributed by atoms with Gasteiger partial charge < -0.3 is 14.8 Å². The topological polar surface area (TPSA) is 30.5 Å². The molecule has 20 heavy (non-hydrogen) atoms. The quantitative estimate of drug-likeness (QED) is 0.796. The lowest BCUT2D eigenvalue weighted by molar-refractivity contribution is 0.404. The number of nitrogens with one attached hydrogen (secondary N) is 1. The van der Waals surface area contributed by atoms with Gasteiger partial charge in [-0.05, 0) is 18.8 Å². The van der Waals surface area contributed by atoms with Gasteiger partial charge in [-0.2, -0.15) is 0 Å². The van der Waals surface area contributed by atoms with Crippen molar-refractivity contribution >= 4 is 17.3 Å². The zero-order chi connectivity index (χ0) is 14.4. The van der Waals surface area contributed by atoms with Crippen molar-refractivity contribution < 1.29 is 9.47 Å². The predicted molar refractivity (Wildman–Crippen MR) is 84.2 cm³/mol. The maximum absolute atomic E-state index is 6.12. The van der Waals surface area contributed by atoms with Gasteiger partial charge in [0, 0.05) is 18.7 Å². The van der Waals surface area contributed by atoms with Crippen LogP contribution in [0.2, 0.25) is 5.02 Å². The Bertz CT molecular complexity index is 429. The van der Waals surface area contributed by atoms with Crippen LogP contribution in [0.3, 0.4) is 0 Å². The molecule has 1 aliphatic carbocycles. The fourth-order valence-corrected chi connectivity index (χ4v) is 3.05. The van der Waals surface area contributed by atoms with Crippen molar-refractivity contribution in [1.82, 2.24) is 0 Å². The second-order valence-corrected chi connectivity index (χ2v) is 5.83. The minimum atomic E-state index is 0.573. The van der Waals surface area contributed by atoms with Crippen LogP contribution in [0, 0.1) is 5.92 Å². The Morgan fingerprint density at radius 2 is 1.70 bits per heavy atom. The van der Waals surface area contributed by atoms with Gasteiger partial charge in [-0.3, -0.25) is 0 Å². The highest BCUT2D eigenvalue weighted by Gasteiger charge is 2.14. The predicted octanol–water partition coefficient (Wildman–Crippen LogP) is 4.74. The van der Waals surface area contributed by atoms with E-state index in [4.69, 9.17) is 21.1 Å². The normalized spacial score (nSPS) is 16.6. The minimum absolute atomic E-state index is 0.573. The summed E-state index contributed by atoms with van der Waals surface area (Å²) >= 11 is 6.12. The molecule has 0 amide bonds. The third-order valence-electron chi connectivity index (χ3n) is 4.03. The Morgan fingerprint density at radius 3 is 2.30 bits per heavy atom. The van der Waals surface area contributed by atoms with E-state index in [0.29, 0.717) is 10.8 Å². The van der Waals surface area contributed by atoms with E-state index >= 15 is 0 Å². The van der Waals surface area contributed by atoms with Gasteiger partial charge in [-0.1, -0.05) is 37.3 Å². The third-order valence-corrected chi connectivity index (χ3v) is 4.33. The number of anilines is 1. The average molecular weight is 298 g/mol. The smallest absolute Gasteiger partial charge is 0.143 e. The SMILES string of the molecule is COc1cc(NCC2CCCCCC2)c(OC)cc1Cl. The molecule has 1 fully saturated rings. The first-order valence-electron chi connectivity index (χ1n) is 7.40. The Morgan fingerprint density at radius 1 is 1.05 bits per heavy atom. The molecule has 0 saturated heterocycles. The van der Waals surface area contributed by atoms with E-state index < -0.39 is 0 Å².